The van der Waals surface area contributed by atoms with E-state index in [1.165, 1.54) is 4.90 Å². The van der Waals surface area contributed by atoms with Gasteiger partial charge in [-0.2, -0.15) is 0 Å². The standard InChI is InChI=1S/C24H26N4O4/c1-16-11-21(32-27-16)12-23(30)28-15-20(29)8-9-22(28)24(31)26-13-17-4-6-18(7-5-17)19-3-2-10-25-14-19/h2-7,10-11,14,20,22,29H,8-9,12-13,15H2,1H3,(H,26,31)/t20-,22+/m1/s1. The molecule has 3 heterocycles. The Hall–Kier alpha value is -3.52. The second-order valence-electron chi connectivity index (χ2n) is 8.06. The third kappa shape index (κ3) is 5.20. The van der Waals surface area contributed by atoms with Crippen LogP contribution in [0.2, 0.25) is 0 Å². The highest BCUT2D eigenvalue weighted by Crippen LogP contribution is 2.21. The quantitative estimate of drug-likeness (QED) is 0.616. The number of β-amino-alcohol motifs (C(OH)–C–C–N with tert-alkyl or cyclic N) is 1. The van der Waals surface area contributed by atoms with Gasteiger partial charge in [-0.3, -0.25) is 14.6 Å². The molecule has 0 radical (unpaired) electrons. The van der Waals surface area contributed by atoms with Crippen LogP contribution in [0, 0.1) is 6.92 Å². The highest BCUT2D eigenvalue weighted by Gasteiger charge is 2.35. The number of nitrogens with one attached hydrogen (secondary N) is 1. The van der Waals surface area contributed by atoms with Crippen molar-refractivity contribution in [3.63, 3.8) is 0 Å². The molecule has 1 aromatic carbocycles. The largest absolute Gasteiger partial charge is 0.391 e. The van der Waals surface area contributed by atoms with Crippen LogP contribution in [0.3, 0.4) is 0 Å². The second-order valence-corrected chi connectivity index (χ2v) is 8.06. The average Bonchev–Trinajstić information content (AvgIpc) is 3.22. The Labute approximate surface area is 186 Å². The Morgan fingerprint density at radius 2 is 2.00 bits per heavy atom. The Morgan fingerprint density at radius 3 is 2.69 bits per heavy atom. The van der Waals surface area contributed by atoms with E-state index in [4.69, 9.17) is 4.52 Å². The van der Waals surface area contributed by atoms with Crippen molar-refractivity contribution in [2.45, 2.75) is 44.9 Å². The van der Waals surface area contributed by atoms with E-state index in [2.05, 4.69) is 15.5 Å². The summed E-state index contributed by atoms with van der Waals surface area (Å²) < 4.78 is 5.13. The third-order valence-corrected chi connectivity index (χ3v) is 5.60. The second kappa shape index (κ2) is 9.74. The van der Waals surface area contributed by atoms with E-state index in [-0.39, 0.29) is 24.8 Å². The van der Waals surface area contributed by atoms with Crippen molar-refractivity contribution in [1.29, 1.82) is 0 Å². The van der Waals surface area contributed by atoms with Crippen molar-refractivity contribution in [1.82, 2.24) is 20.4 Å². The van der Waals surface area contributed by atoms with Crippen molar-refractivity contribution >= 4 is 11.8 Å². The van der Waals surface area contributed by atoms with Crippen molar-refractivity contribution in [2.24, 2.45) is 0 Å². The molecular formula is C24H26N4O4. The molecule has 2 atom stereocenters. The van der Waals surface area contributed by atoms with Crippen LogP contribution >= 0.6 is 0 Å². The molecule has 2 aromatic heterocycles. The van der Waals surface area contributed by atoms with Gasteiger partial charge in [0.25, 0.3) is 0 Å². The van der Waals surface area contributed by atoms with E-state index >= 15 is 0 Å². The fourth-order valence-electron chi connectivity index (χ4n) is 3.91. The fraction of sp³-hybridized carbons (Fsp3) is 0.333. The number of nitrogens with zero attached hydrogens (tertiary/aromatic N) is 3. The number of piperidine rings is 1. The molecule has 0 saturated carbocycles. The molecule has 2 amide bonds. The molecule has 166 valence electrons. The van der Waals surface area contributed by atoms with Crippen LogP contribution in [0.25, 0.3) is 11.1 Å². The number of hydrogen-bond donors (Lipinski definition) is 2. The summed E-state index contributed by atoms with van der Waals surface area (Å²) in [5, 5.41) is 16.8. The normalized spacial score (nSPS) is 18.4. The van der Waals surface area contributed by atoms with Crippen LogP contribution in [-0.4, -0.2) is 50.7 Å². The number of aryl methyl sites for hydroxylation is 1. The first-order valence-corrected chi connectivity index (χ1v) is 10.7. The molecule has 8 heteroatoms. The Balaban J connectivity index is 1.37. The maximum atomic E-state index is 12.9. The minimum absolute atomic E-state index is 0.00709. The number of amides is 2. The molecule has 0 bridgehead atoms. The summed E-state index contributed by atoms with van der Waals surface area (Å²) in [5.41, 5.74) is 3.72. The van der Waals surface area contributed by atoms with Gasteiger partial charge in [-0.25, -0.2) is 0 Å². The Bertz CT molecular complexity index is 1070. The summed E-state index contributed by atoms with van der Waals surface area (Å²) in [4.78, 5) is 31.3. The molecule has 0 aliphatic carbocycles. The lowest BCUT2D eigenvalue weighted by atomic mass is 9.98. The number of aliphatic hydroxyl groups is 1. The van der Waals surface area contributed by atoms with E-state index in [0.717, 1.165) is 16.7 Å². The average molecular weight is 434 g/mol. The fourth-order valence-corrected chi connectivity index (χ4v) is 3.91. The van der Waals surface area contributed by atoms with Crippen molar-refractivity contribution in [3.8, 4) is 11.1 Å². The number of carbonyl (C=O) groups is 2. The van der Waals surface area contributed by atoms with E-state index in [1.807, 2.05) is 36.4 Å². The molecule has 1 saturated heterocycles. The Morgan fingerprint density at radius 1 is 1.19 bits per heavy atom. The first-order valence-electron chi connectivity index (χ1n) is 10.7. The third-order valence-electron chi connectivity index (χ3n) is 5.60. The van der Waals surface area contributed by atoms with Gasteiger partial charge in [0.15, 0.2) is 0 Å². The molecule has 1 aliphatic rings. The summed E-state index contributed by atoms with van der Waals surface area (Å²) in [5.74, 6) is -0.0448. The SMILES string of the molecule is Cc1cc(CC(=O)N2C[C@H](O)CC[C@H]2C(=O)NCc2ccc(-c3cccnc3)cc2)on1. The van der Waals surface area contributed by atoms with E-state index < -0.39 is 12.1 Å². The van der Waals surface area contributed by atoms with E-state index in [9.17, 15) is 14.7 Å². The maximum absolute atomic E-state index is 12.9. The number of aliphatic hydroxyl groups excluding tert-OH is 1. The van der Waals surface area contributed by atoms with Crippen molar-refractivity contribution in [3.05, 3.63) is 71.9 Å². The zero-order valence-electron chi connectivity index (χ0n) is 17.9. The van der Waals surface area contributed by atoms with Crippen LogP contribution in [0.1, 0.15) is 29.9 Å². The van der Waals surface area contributed by atoms with Gasteiger partial charge in [0.05, 0.1) is 18.2 Å². The molecule has 3 aromatic rings. The van der Waals surface area contributed by atoms with Crippen LogP contribution in [0.15, 0.2) is 59.4 Å². The molecule has 1 fully saturated rings. The number of carbonyl (C=O) groups excluding carboxylic acids is 2. The molecule has 2 N–H and O–H groups in total. The van der Waals surface area contributed by atoms with Crippen LogP contribution < -0.4 is 5.32 Å². The molecule has 32 heavy (non-hydrogen) atoms. The summed E-state index contributed by atoms with van der Waals surface area (Å²) in [6, 6.07) is 12.9. The van der Waals surface area contributed by atoms with Crippen LogP contribution in [0.4, 0.5) is 0 Å². The number of aromatic nitrogens is 2. The van der Waals surface area contributed by atoms with Gasteiger partial charge < -0.3 is 19.8 Å². The van der Waals surface area contributed by atoms with Gasteiger partial charge in [0.1, 0.15) is 11.8 Å². The van der Waals surface area contributed by atoms with Crippen LogP contribution in [0.5, 0.6) is 0 Å². The molecule has 0 unspecified atom stereocenters. The summed E-state index contributed by atoms with van der Waals surface area (Å²) in [7, 11) is 0. The molecule has 8 nitrogen and oxygen atoms in total. The highest BCUT2D eigenvalue weighted by molar-refractivity contribution is 5.88. The number of pyridine rings is 1. The summed E-state index contributed by atoms with van der Waals surface area (Å²) in [6.07, 6.45) is 3.79. The molecule has 0 spiro atoms. The number of likely N-dealkylation sites (tertiary alicyclic amines) is 1. The minimum Gasteiger partial charge on any atom is -0.391 e. The molecular weight excluding hydrogens is 408 g/mol. The lowest BCUT2D eigenvalue weighted by Crippen LogP contribution is -2.55. The zero-order chi connectivity index (χ0) is 22.5. The zero-order valence-corrected chi connectivity index (χ0v) is 17.9. The summed E-state index contributed by atoms with van der Waals surface area (Å²) in [6.45, 7) is 2.26. The van der Waals surface area contributed by atoms with Gasteiger partial charge in [0.2, 0.25) is 11.8 Å². The van der Waals surface area contributed by atoms with E-state index in [0.29, 0.717) is 30.8 Å². The van der Waals surface area contributed by atoms with E-state index in [1.54, 1.807) is 25.4 Å². The predicted molar refractivity (Wildman–Crippen MR) is 117 cm³/mol. The summed E-state index contributed by atoms with van der Waals surface area (Å²) >= 11 is 0. The smallest absolute Gasteiger partial charge is 0.243 e. The number of rotatable bonds is 6. The van der Waals surface area contributed by atoms with Gasteiger partial charge in [-0.15, -0.1) is 0 Å². The minimum atomic E-state index is -0.639. The maximum Gasteiger partial charge on any atom is 0.243 e. The first-order chi connectivity index (χ1) is 15.5. The molecule has 4 rings (SSSR count). The lowest BCUT2D eigenvalue weighted by molar-refractivity contribution is -0.145. The van der Waals surface area contributed by atoms with Gasteiger partial charge in [-0.1, -0.05) is 35.5 Å². The van der Waals surface area contributed by atoms with Gasteiger partial charge >= 0.3 is 0 Å². The first kappa shape index (κ1) is 21.7. The predicted octanol–water partition coefficient (Wildman–Crippen LogP) is 2.26. The number of hydrogen-bond acceptors (Lipinski definition) is 6. The lowest BCUT2D eigenvalue weighted by Gasteiger charge is -2.37. The highest BCUT2D eigenvalue weighted by atomic mass is 16.5. The van der Waals surface area contributed by atoms with Crippen LogP contribution in [-0.2, 0) is 22.6 Å². The van der Waals surface area contributed by atoms with Crippen molar-refractivity contribution in [2.75, 3.05) is 6.54 Å². The number of benzene rings is 1. The van der Waals surface area contributed by atoms with Gasteiger partial charge in [-0.05, 0) is 42.5 Å². The van der Waals surface area contributed by atoms with Crippen molar-refractivity contribution < 1.29 is 19.2 Å². The monoisotopic (exact) mass is 434 g/mol. The van der Waals surface area contributed by atoms with Gasteiger partial charge in [0, 0.05) is 31.5 Å². The Kier molecular flexibility index (Phi) is 6.61. The topological polar surface area (TPSA) is 109 Å². The molecule has 1 aliphatic heterocycles.